The van der Waals surface area contributed by atoms with Gasteiger partial charge in [-0.15, -0.1) is 0 Å². The van der Waals surface area contributed by atoms with Crippen molar-refractivity contribution in [1.29, 1.82) is 0 Å². The fraction of sp³-hybridized carbons (Fsp3) is 0.130. The average molecular weight is 434 g/mol. The molecule has 0 radical (unpaired) electrons. The van der Waals surface area contributed by atoms with E-state index in [2.05, 4.69) is 33.6 Å². The highest BCUT2D eigenvalue weighted by Crippen LogP contribution is 2.15. The van der Waals surface area contributed by atoms with Crippen molar-refractivity contribution in [3.8, 4) is 35.2 Å². The van der Waals surface area contributed by atoms with Crippen molar-refractivity contribution >= 4 is 9.84 Å². The van der Waals surface area contributed by atoms with Crippen LogP contribution in [-0.4, -0.2) is 29.7 Å². The second-order valence-electron chi connectivity index (χ2n) is 6.56. The van der Waals surface area contributed by atoms with Crippen molar-refractivity contribution in [2.24, 2.45) is 0 Å². The molecule has 0 saturated carbocycles. The summed E-state index contributed by atoms with van der Waals surface area (Å²) in [5, 5.41) is 9.72. The van der Waals surface area contributed by atoms with Gasteiger partial charge in [0.05, 0.1) is 5.75 Å². The Labute approximate surface area is 179 Å². The van der Waals surface area contributed by atoms with Crippen LogP contribution < -0.4 is 10.3 Å². The average Bonchev–Trinajstić information content (AvgIpc) is 2.74. The van der Waals surface area contributed by atoms with Crippen LogP contribution in [0, 0.1) is 23.7 Å². The lowest BCUT2D eigenvalue weighted by Crippen LogP contribution is -2.17. The van der Waals surface area contributed by atoms with E-state index in [-0.39, 0.29) is 18.1 Å². The second kappa shape index (κ2) is 9.66. The molecule has 0 fully saturated rings. The van der Waals surface area contributed by atoms with Gasteiger partial charge in [-0.05, 0) is 48.2 Å². The Morgan fingerprint density at radius 2 is 1.61 bits per heavy atom. The van der Waals surface area contributed by atoms with E-state index in [1.54, 1.807) is 24.3 Å². The normalized spacial score (nSPS) is 10.4. The summed E-state index contributed by atoms with van der Waals surface area (Å²) in [6, 6.07) is 16.5. The number of sulfone groups is 1. The van der Waals surface area contributed by atoms with Gasteiger partial charge in [-0.1, -0.05) is 30.0 Å². The maximum absolute atomic E-state index is 11.8. The Balaban J connectivity index is 1.64. The molecule has 2 aromatic carbocycles. The molecular weight excluding hydrogens is 416 g/mol. The quantitative estimate of drug-likeness (QED) is 0.595. The number of H-pyrrole nitrogens is 1. The molecule has 0 saturated heterocycles. The van der Waals surface area contributed by atoms with Crippen LogP contribution in [-0.2, 0) is 22.2 Å². The number of ether oxygens (including phenoxy) is 1. The number of aromatic nitrogens is 2. The Morgan fingerprint density at radius 1 is 1.00 bits per heavy atom. The Bertz CT molecular complexity index is 1360. The first kappa shape index (κ1) is 21.7. The molecule has 0 spiro atoms. The lowest BCUT2D eigenvalue weighted by Gasteiger charge is -2.08. The molecule has 0 bridgehead atoms. The van der Waals surface area contributed by atoms with Crippen molar-refractivity contribution < 1.29 is 18.3 Å². The molecule has 0 aliphatic rings. The molecule has 2 N–H and O–H groups in total. The fourth-order valence-corrected chi connectivity index (χ4v) is 3.19. The SMILES string of the molecule is CS(=O)(=O)Cc1nc(COc2ccc(C#CC#Cc3ccccc3)cc2)[nH]c(=O)c1O. The highest BCUT2D eigenvalue weighted by atomic mass is 32.2. The summed E-state index contributed by atoms with van der Waals surface area (Å²) in [5.74, 6) is 10.8. The van der Waals surface area contributed by atoms with Crippen LogP contribution in [0.2, 0.25) is 0 Å². The minimum Gasteiger partial charge on any atom is -0.502 e. The Hall–Kier alpha value is -4.01. The summed E-state index contributed by atoms with van der Waals surface area (Å²) >= 11 is 0. The first-order valence-corrected chi connectivity index (χ1v) is 11.1. The van der Waals surface area contributed by atoms with E-state index in [0.29, 0.717) is 5.75 Å². The van der Waals surface area contributed by atoms with Crippen LogP contribution in [0.4, 0.5) is 0 Å². The van der Waals surface area contributed by atoms with Crippen molar-refractivity contribution in [3.63, 3.8) is 0 Å². The fourth-order valence-electron chi connectivity index (χ4n) is 2.50. The van der Waals surface area contributed by atoms with Gasteiger partial charge in [0.2, 0.25) is 5.75 Å². The number of hydrogen-bond acceptors (Lipinski definition) is 6. The maximum atomic E-state index is 11.8. The number of nitrogens with one attached hydrogen (secondary N) is 1. The van der Waals surface area contributed by atoms with Crippen molar-refractivity contribution in [2.45, 2.75) is 12.4 Å². The third kappa shape index (κ3) is 6.77. The van der Waals surface area contributed by atoms with Gasteiger partial charge in [0.25, 0.3) is 5.56 Å². The standard InChI is InChI=1S/C23H18N2O5S/c1-31(28,29)16-20-22(26)23(27)25-21(24-20)15-30-19-13-11-18(12-14-19)10-6-5-9-17-7-3-2-4-8-17/h2-4,7-8,11-14,26H,15-16H2,1H3,(H,24,25,27). The van der Waals surface area contributed by atoms with E-state index >= 15 is 0 Å². The molecule has 3 rings (SSSR count). The van der Waals surface area contributed by atoms with Crippen molar-refractivity contribution in [2.75, 3.05) is 6.26 Å². The molecule has 31 heavy (non-hydrogen) atoms. The summed E-state index contributed by atoms with van der Waals surface area (Å²) in [7, 11) is -3.47. The van der Waals surface area contributed by atoms with Crippen LogP contribution in [0.1, 0.15) is 22.6 Å². The minimum absolute atomic E-state index is 0.0986. The van der Waals surface area contributed by atoms with Crippen LogP contribution in [0.15, 0.2) is 59.4 Å². The van der Waals surface area contributed by atoms with Gasteiger partial charge in [0.1, 0.15) is 23.9 Å². The first-order chi connectivity index (χ1) is 14.8. The van der Waals surface area contributed by atoms with Crippen LogP contribution in [0.5, 0.6) is 11.5 Å². The summed E-state index contributed by atoms with van der Waals surface area (Å²) in [5.41, 5.74) is 0.601. The van der Waals surface area contributed by atoms with E-state index < -0.39 is 26.9 Å². The van der Waals surface area contributed by atoms with Crippen molar-refractivity contribution in [3.05, 3.63) is 87.6 Å². The Kier molecular flexibility index (Phi) is 6.76. The van der Waals surface area contributed by atoms with Gasteiger partial charge in [0.15, 0.2) is 9.84 Å². The molecular formula is C23H18N2O5S. The van der Waals surface area contributed by atoms with Crippen LogP contribution >= 0.6 is 0 Å². The number of aromatic hydroxyl groups is 1. The number of nitrogens with zero attached hydrogens (tertiary/aromatic N) is 1. The number of aromatic amines is 1. The number of rotatable bonds is 5. The molecule has 3 aromatic rings. The maximum Gasteiger partial charge on any atom is 0.293 e. The molecule has 0 aliphatic heterocycles. The smallest absolute Gasteiger partial charge is 0.293 e. The Morgan fingerprint density at radius 3 is 2.23 bits per heavy atom. The zero-order chi connectivity index (χ0) is 22.3. The summed E-state index contributed by atoms with van der Waals surface area (Å²) in [6.45, 7) is -0.111. The summed E-state index contributed by atoms with van der Waals surface area (Å²) in [6.07, 6.45) is 0.989. The van der Waals surface area contributed by atoms with Gasteiger partial charge >= 0.3 is 0 Å². The van der Waals surface area contributed by atoms with Gasteiger partial charge in [-0.3, -0.25) is 4.79 Å². The lowest BCUT2D eigenvalue weighted by molar-refractivity contribution is 0.294. The highest BCUT2D eigenvalue weighted by Gasteiger charge is 2.15. The lowest BCUT2D eigenvalue weighted by atomic mass is 10.2. The zero-order valence-corrected chi connectivity index (χ0v) is 17.4. The van der Waals surface area contributed by atoms with Crippen LogP contribution in [0.3, 0.4) is 0 Å². The second-order valence-corrected chi connectivity index (χ2v) is 8.70. The number of benzene rings is 2. The van der Waals surface area contributed by atoms with Crippen molar-refractivity contribution in [1.82, 2.24) is 9.97 Å². The minimum atomic E-state index is -3.47. The summed E-state index contributed by atoms with van der Waals surface area (Å²) < 4.78 is 28.4. The molecule has 8 heteroatoms. The topological polar surface area (TPSA) is 109 Å². The van der Waals surface area contributed by atoms with E-state index in [9.17, 15) is 18.3 Å². The van der Waals surface area contributed by atoms with E-state index in [4.69, 9.17) is 4.74 Å². The molecule has 0 atom stereocenters. The monoisotopic (exact) mass is 434 g/mol. The summed E-state index contributed by atoms with van der Waals surface area (Å²) in [4.78, 5) is 18.1. The van der Waals surface area contributed by atoms with E-state index in [1.807, 2.05) is 30.3 Å². The van der Waals surface area contributed by atoms with Gasteiger partial charge in [-0.25, -0.2) is 13.4 Å². The van der Waals surface area contributed by atoms with E-state index in [0.717, 1.165) is 17.4 Å². The predicted molar refractivity (Wildman–Crippen MR) is 116 cm³/mol. The van der Waals surface area contributed by atoms with E-state index in [1.165, 1.54) is 0 Å². The highest BCUT2D eigenvalue weighted by molar-refractivity contribution is 7.89. The molecule has 1 aromatic heterocycles. The first-order valence-electron chi connectivity index (χ1n) is 9.09. The predicted octanol–water partition coefficient (Wildman–Crippen LogP) is 2.00. The van der Waals surface area contributed by atoms with Crippen LogP contribution in [0.25, 0.3) is 0 Å². The molecule has 7 nitrogen and oxygen atoms in total. The molecule has 0 unspecified atom stereocenters. The molecule has 0 aliphatic carbocycles. The van der Waals surface area contributed by atoms with Gasteiger partial charge in [0, 0.05) is 17.4 Å². The molecule has 1 heterocycles. The van der Waals surface area contributed by atoms with Gasteiger partial charge in [-0.2, -0.15) is 0 Å². The third-order valence-corrected chi connectivity index (χ3v) is 4.69. The zero-order valence-electron chi connectivity index (χ0n) is 16.5. The molecule has 0 amide bonds. The molecule has 156 valence electrons. The third-order valence-electron chi connectivity index (χ3n) is 3.89. The van der Waals surface area contributed by atoms with Gasteiger partial charge < -0.3 is 14.8 Å². The number of hydrogen-bond donors (Lipinski definition) is 2. The largest absolute Gasteiger partial charge is 0.502 e.